The zero-order valence-corrected chi connectivity index (χ0v) is 18.7. The molecule has 31 heavy (non-hydrogen) atoms. The Kier molecular flexibility index (Phi) is 7.77. The van der Waals surface area contributed by atoms with Crippen molar-refractivity contribution in [2.45, 2.75) is 38.1 Å². The van der Waals surface area contributed by atoms with Crippen LogP contribution >= 0.6 is 11.8 Å². The molecule has 0 bridgehead atoms. The van der Waals surface area contributed by atoms with Gasteiger partial charge in [-0.15, -0.1) is 10.2 Å². The van der Waals surface area contributed by atoms with Crippen molar-refractivity contribution >= 4 is 17.7 Å². The number of nitrogens with two attached hydrogens (primary N) is 1. The van der Waals surface area contributed by atoms with Crippen LogP contribution in [0, 0.1) is 0 Å². The van der Waals surface area contributed by atoms with E-state index >= 15 is 0 Å². The number of rotatable bonds is 10. The van der Waals surface area contributed by atoms with Crippen LogP contribution in [0.2, 0.25) is 0 Å². The molecule has 0 aliphatic carbocycles. The third-order valence-corrected chi connectivity index (χ3v) is 5.69. The van der Waals surface area contributed by atoms with E-state index in [0.717, 1.165) is 12.0 Å². The molecule has 3 aromatic rings. The van der Waals surface area contributed by atoms with Gasteiger partial charge in [-0.05, 0) is 36.6 Å². The van der Waals surface area contributed by atoms with Crippen molar-refractivity contribution in [2.75, 3.05) is 18.7 Å². The topological polar surface area (TPSA) is 104 Å². The molecule has 0 radical (unpaired) electrons. The number of carbonyl (C=O) groups excluding carboxylic acids is 1. The maximum absolute atomic E-state index is 12.3. The Morgan fingerprint density at radius 1 is 1.19 bits per heavy atom. The highest BCUT2D eigenvalue weighted by Crippen LogP contribution is 2.21. The molecule has 3 rings (SSSR count). The summed E-state index contributed by atoms with van der Waals surface area (Å²) in [5.41, 5.74) is 2.33. The number of hydrogen-bond donors (Lipinski definition) is 2. The highest BCUT2D eigenvalue weighted by molar-refractivity contribution is 7.99. The summed E-state index contributed by atoms with van der Waals surface area (Å²) >= 11 is 1.22. The molecule has 2 aromatic carbocycles. The minimum Gasteiger partial charge on any atom is -0.497 e. The van der Waals surface area contributed by atoms with Crippen molar-refractivity contribution in [3.05, 3.63) is 65.5 Å². The number of methoxy groups -OCH3 is 1. The lowest BCUT2D eigenvalue weighted by Crippen LogP contribution is -2.28. The Bertz CT molecular complexity index is 1010. The third-order valence-electron chi connectivity index (χ3n) is 4.74. The van der Waals surface area contributed by atoms with Crippen LogP contribution in [0.25, 0.3) is 0 Å². The molecule has 1 amide bonds. The van der Waals surface area contributed by atoms with E-state index in [2.05, 4.69) is 34.6 Å². The molecule has 0 aliphatic rings. The minimum absolute atomic E-state index is 0.0819. The van der Waals surface area contributed by atoms with E-state index in [1.54, 1.807) is 13.2 Å². The number of aryl methyl sites for hydroxylation is 1. The Labute approximate surface area is 186 Å². The highest BCUT2D eigenvalue weighted by atomic mass is 32.2. The fourth-order valence-electron chi connectivity index (χ4n) is 2.88. The van der Waals surface area contributed by atoms with Crippen molar-refractivity contribution in [2.24, 2.45) is 0 Å². The normalized spacial score (nSPS) is 11.7. The molecule has 0 saturated heterocycles. The predicted molar refractivity (Wildman–Crippen MR) is 121 cm³/mol. The Morgan fingerprint density at radius 3 is 2.65 bits per heavy atom. The van der Waals surface area contributed by atoms with Gasteiger partial charge in [0, 0.05) is 6.07 Å². The molecule has 1 unspecified atom stereocenters. The standard InChI is InChI=1S/C22H27N5O3S/c1-4-16-8-10-17(11-9-16)15(2)24-21(28)14-31-22-26-25-20(27(22)23)13-30-19-7-5-6-18(12-19)29-3/h5-12,15H,4,13-14,23H2,1-3H3,(H,24,28). The number of amides is 1. The monoisotopic (exact) mass is 441 g/mol. The second kappa shape index (κ2) is 10.7. The van der Waals surface area contributed by atoms with Crippen molar-refractivity contribution in [3.8, 4) is 11.5 Å². The van der Waals surface area contributed by atoms with Gasteiger partial charge in [-0.25, -0.2) is 4.68 Å². The molecule has 1 atom stereocenters. The smallest absolute Gasteiger partial charge is 0.230 e. The van der Waals surface area contributed by atoms with Crippen molar-refractivity contribution < 1.29 is 14.3 Å². The van der Waals surface area contributed by atoms with Crippen LogP contribution in [0.5, 0.6) is 11.5 Å². The van der Waals surface area contributed by atoms with E-state index < -0.39 is 0 Å². The van der Waals surface area contributed by atoms with Crippen LogP contribution in [-0.2, 0) is 17.8 Å². The molecule has 3 N–H and O–H groups in total. The number of nitrogens with zero attached hydrogens (tertiary/aromatic N) is 3. The summed E-state index contributed by atoms with van der Waals surface area (Å²) in [4.78, 5) is 12.3. The van der Waals surface area contributed by atoms with Gasteiger partial charge in [0.25, 0.3) is 0 Å². The van der Waals surface area contributed by atoms with E-state index in [-0.39, 0.29) is 24.3 Å². The van der Waals surface area contributed by atoms with E-state index in [9.17, 15) is 4.79 Å². The SMILES string of the molecule is CCc1ccc(C(C)NC(=O)CSc2nnc(COc3cccc(OC)c3)n2N)cc1. The Hall–Kier alpha value is -3.20. The van der Waals surface area contributed by atoms with Crippen molar-refractivity contribution in [3.63, 3.8) is 0 Å². The number of carbonyl (C=O) groups is 1. The van der Waals surface area contributed by atoms with Crippen LogP contribution in [0.1, 0.15) is 36.8 Å². The summed E-state index contributed by atoms with van der Waals surface area (Å²) in [7, 11) is 1.60. The van der Waals surface area contributed by atoms with Crippen LogP contribution < -0.4 is 20.6 Å². The van der Waals surface area contributed by atoms with Gasteiger partial charge in [0.15, 0.2) is 5.82 Å². The van der Waals surface area contributed by atoms with Gasteiger partial charge < -0.3 is 20.6 Å². The number of aromatic nitrogens is 3. The first kappa shape index (κ1) is 22.5. The number of nitrogen functional groups attached to an aromatic ring is 1. The van der Waals surface area contributed by atoms with Gasteiger partial charge in [-0.1, -0.05) is 49.0 Å². The van der Waals surface area contributed by atoms with Crippen molar-refractivity contribution in [1.82, 2.24) is 20.2 Å². The molecule has 0 aliphatic heterocycles. The summed E-state index contributed by atoms with van der Waals surface area (Å²) in [5, 5.41) is 11.5. The van der Waals surface area contributed by atoms with Crippen LogP contribution in [0.4, 0.5) is 0 Å². The highest BCUT2D eigenvalue weighted by Gasteiger charge is 2.15. The molecule has 1 heterocycles. The fraction of sp³-hybridized carbons (Fsp3) is 0.318. The third kappa shape index (κ3) is 6.14. The molecular weight excluding hydrogens is 414 g/mol. The predicted octanol–water partition coefficient (Wildman–Crippen LogP) is 3.11. The molecule has 8 nitrogen and oxygen atoms in total. The van der Waals surface area contributed by atoms with E-state index in [1.165, 1.54) is 22.0 Å². The fourth-order valence-corrected chi connectivity index (χ4v) is 3.57. The largest absolute Gasteiger partial charge is 0.497 e. The number of thioether (sulfide) groups is 1. The first-order chi connectivity index (χ1) is 15.0. The maximum Gasteiger partial charge on any atom is 0.230 e. The first-order valence-corrected chi connectivity index (χ1v) is 11.0. The molecule has 0 spiro atoms. The van der Waals surface area contributed by atoms with Gasteiger partial charge in [0.05, 0.1) is 18.9 Å². The second-order valence-corrected chi connectivity index (χ2v) is 7.85. The minimum atomic E-state index is -0.103. The lowest BCUT2D eigenvalue weighted by Gasteiger charge is -2.14. The zero-order valence-electron chi connectivity index (χ0n) is 17.9. The Balaban J connectivity index is 1.49. The number of hydrogen-bond acceptors (Lipinski definition) is 7. The van der Waals surface area contributed by atoms with Crippen LogP contribution in [0.3, 0.4) is 0 Å². The van der Waals surface area contributed by atoms with E-state index in [1.807, 2.05) is 37.3 Å². The number of ether oxygens (including phenoxy) is 2. The number of nitrogens with one attached hydrogen (secondary N) is 1. The molecule has 9 heteroatoms. The summed E-state index contributed by atoms with van der Waals surface area (Å²) < 4.78 is 12.2. The maximum atomic E-state index is 12.3. The summed E-state index contributed by atoms with van der Waals surface area (Å²) in [5.74, 6) is 7.93. The van der Waals surface area contributed by atoms with E-state index in [0.29, 0.717) is 22.5 Å². The molecule has 0 fully saturated rings. The van der Waals surface area contributed by atoms with Crippen LogP contribution in [0.15, 0.2) is 53.7 Å². The lowest BCUT2D eigenvalue weighted by molar-refractivity contribution is -0.119. The second-order valence-electron chi connectivity index (χ2n) is 6.91. The zero-order chi connectivity index (χ0) is 22.2. The molecular formula is C22H27N5O3S. The summed E-state index contributed by atoms with van der Waals surface area (Å²) in [6, 6.07) is 15.4. The van der Waals surface area contributed by atoms with Gasteiger partial charge in [0.2, 0.25) is 11.1 Å². The first-order valence-electron chi connectivity index (χ1n) is 9.97. The Morgan fingerprint density at radius 2 is 1.94 bits per heavy atom. The molecule has 0 saturated carbocycles. The molecule has 1 aromatic heterocycles. The van der Waals surface area contributed by atoms with Gasteiger partial charge in [-0.2, -0.15) is 0 Å². The van der Waals surface area contributed by atoms with E-state index in [4.69, 9.17) is 15.3 Å². The van der Waals surface area contributed by atoms with Gasteiger partial charge in [0.1, 0.15) is 18.1 Å². The lowest BCUT2D eigenvalue weighted by atomic mass is 10.1. The average molecular weight is 442 g/mol. The molecule has 164 valence electrons. The van der Waals surface area contributed by atoms with Gasteiger partial charge >= 0.3 is 0 Å². The summed E-state index contributed by atoms with van der Waals surface area (Å²) in [6.45, 7) is 4.22. The van der Waals surface area contributed by atoms with Gasteiger partial charge in [-0.3, -0.25) is 4.79 Å². The number of benzene rings is 2. The average Bonchev–Trinajstić information content (AvgIpc) is 3.15. The van der Waals surface area contributed by atoms with Crippen molar-refractivity contribution in [1.29, 1.82) is 0 Å². The quantitative estimate of drug-likeness (QED) is 0.368. The summed E-state index contributed by atoms with van der Waals surface area (Å²) in [6.07, 6.45) is 0.990. The van der Waals surface area contributed by atoms with Crippen LogP contribution in [-0.4, -0.2) is 33.6 Å².